The van der Waals surface area contributed by atoms with Crippen LogP contribution in [0.15, 0.2) is 48.5 Å². The van der Waals surface area contributed by atoms with Gasteiger partial charge in [0, 0.05) is 0 Å². The highest BCUT2D eigenvalue weighted by Crippen LogP contribution is 2.58. The summed E-state index contributed by atoms with van der Waals surface area (Å²) in [5.41, 5.74) is 1.94. The van der Waals surface area contributed by atoms with Crippen LogP contribution in [0.5, 0.6) is 5.75 Å². The van der Waals surface area contributed by atoms with E-state index in [1.165, 1.54) is 0 Å². The zero-order valence-corrected chi connectivity index (χ0v) is 10.9. The summed E-state index contributed by atoms with van der Waals surface area (Å²) in [6.07, 6.45) is 0. The Balaban J connectivity index is 1.79. The second-order valence-electron chi connectivity index (χ2n) is 4.27. The molecule has 1 heterocycles. The van der Waals surface area contributed by atoms with Gasteiger partial charge in [0.2, 0.25) is 0 Å². The Morgan fingerprint density at radius 3 is 2.61 bits per heavy atom. The molecule has 0 saturated carbocycles. The number of aryl methyl sites for hydroxylation is 1. The topological polar surface area (TPSA) is 35.5 Å². The zero-order chi connectivity index (χ0) is 12.6. The van der Waals surface area contributed by atoms with Crippen molar-refractivity contribution in [2.75, 3.05) is 0 Å². The number of fused-ring (bicyclic) bond motifs is 1. The van der Waals surface area contributed by atoms with Crippen LogP contribution >= 0.6 is 7.60 Å². The molecule has 0 amide bonds. The lowest BCUT2D eigenvalue weighted by molar-refractivity contribution is 0.254. The van der Waals surface area contributed by atoms with E-state index in [-0.39, 0.29) is 0 Å². The molecule has 1 aliphatic rings. The third-order valence-electron chi connectivity index (χ3n) is 2.94. The number of rotatable bonds is 3. The first kappa shape index (κ1) is 11.5. The summed E-state index contributed by atoms with van der Waals surface area (Å²) >= 11 is 0. The molecule has 2 aromatic rings. The first-order chi connectivity index (χ1) is 8.69. The Morgan fingerprint density at radius 2 is 1.89 bits per heavy atom. The van der Waals surface area contributed by atoms with Crippen molar-refractivity contribution >= 4 is 12.9 Å². The Kier molecular flexibility index (Phi) is 2.73. The fourth-order valence-electron chi connectivity index (χ4n) is 2.02. The summed E-state index contributed by atoms with van der Waals surface area (Å²) in [4.78, 5) is 0. The van der Waals surface area contributed by atoms with Crippen molar-refractivity contribution < 1.29 is 13.6 Å². The van der Waals surface area contributed by atoms with E-state index < -0.39 is 7.60 Å². The number of benzene rings is 2. The van der Waals surface area contributed by atoms with E-state index in [2.05, 4.69) is 0 Å². The molecule has 1 atom stereocenters. The van der Waals surface area contributed by atoms with Gasteiger partial charge in [0.15, 0.2) is 0 Å². The highest BCUT2D eigenvalue weighted by Gasteiger charge is 2.43. The van der Waals surface area contributed by atoms with E-state index in [0.717, 1.165) is 16.4 Å². The van der Waals surface area contributed by atoms with Gasteiger partial charge in [0.05, 0.1) is 6.61 Å². The van der Waals surface area contributed by atoms with Crippen LogP contribution in [-0.2, 0) is 15.7 Å². The third kappa shape index (κ3) is 1.86. The SMILES string of the molecule is Cc1cccc2c1P(=O)(OCc1ccccc1)O2. The van der Waals surface area contributed by atoms with Crippen molar-refractivity contribution in [1.29, 1.82) is 0 Å². The quantitative estimate of drug-likeness (QED) is 0.793. The van der Waals surface area contributed by atoms with E-state index >= 15 is 0 Å². The minimum absolute atomic E-state index is 0.298. The first-order valence-electron chi connectivity index (χ1n) is 5.77. The fourth-order valence-corrected chi connectivity index (χ4v) is 3.79. The predicted octanol–water partition coefficient (Wildman–Crippen LogP) is 3.42. The van der Waals surface area contributed by atoms with E-state index in [4.69, 9.17) is 9.05 Å². The van der Waals surface area contributed by atoms with Crippen LogP contribution in [0.2, 0.25) is 0 Å². The van der Waals surface area contributed by atoms with Crippen molar-refractivity contribution in [3.8, 4) is 5.75 Å². The molecule has 3 nitrogen and oxygen atoms in total. The van der Waals surface area contributed by atoms with E-state index in [0.29, 0.717) is 12.4 Å². The molecule has 0 radical (unpaired) electrons. The average Bonchev–Trinajstić information content (AvgIpc) is 2.36. The molecule has 4 heteroatoms. The minimum atomic E-state index is -3.09. The van der Waals surface area contributed by atoms with Crippen LogP contribution in [0.3, 0.4) is 0 Å². The highest BCUT2D eigenvalue weighted by atomic mass is 31.2. The summed E-state index contributed by atoms with van der Waals surface area (Å²) in [6, 6.07) is 15.3. The van der Waals surface area contributed by atoms with Gasteiger partial charge in [0.25, 0.3) is 0 Å². The van der Waals surface area contributed by atoms with Crippen molar-refractivity contribution in [3.05, 3.63) is 59.7 Å². The van der Waals surface area contributed by atoms with Gasteiger partial charge in [-0.3, -0.25) is 4.52 Å². The second-order valence-corrected chi connectivity index (χ2v) is 6.15. The average molecular weight is 260 g/mol. The summed E-state index contributed by atoms with van der Waals surface area (Å²) in [7, 11) is -3.09. The maximum absolute atomic E-state index is 12.4. The van der Waals surface area contributed by atoms with Gasteiger partial charge in [-0.25, -0.2) is 4.57 Å². The van der Waals surface area contributed by atoms with Gasteiger partial charge in [-0.15, -0.1) is 0 Å². The molecule has 18 heavy (non-hydrogen) atoms. The summed E-state index contributed by atoms with van der Waals surface area (Å²) in [6.45, 7) is 2.21. The smallest absolute Gasteiger partial charge is 0.415 e. The zero-order valence-electron chi connectivity index (χ0n) is 10.00. The molecule has 92 valence electrons. The molecule has 0 N–H and O–H groups in total. The molecule has 0 aliphatic carbocycles. The first-order valence-corrected chi connectivity index (χ1v) is 7.32. The van der Waals surface area contributed by atoms with Gasteiger partial charge < -0.3 is 4.52 Å². The van der Waals surface area contributed by atoms with Gasteiger partial charge in [-0.1, -0.05) is 42.5 Å². The highest BCUT2D eigenvalue weighted by molar-refractivity contribution is 7.64. The predicted molar refractivity (Wildman–Crippen MR) is 70.3 cm³/mol. The van der Waals surface area contributed by atoms with Crippen LogP contribution < -0.4 is 9.83 Å². The van der Waals surface area contributed by atoms with Crippen LogP contribution in [0, 0.1) is 6.92 Å². The van der Waals surface area contributed by atoms with Crippen molar-refractivity contribution in [2.45, 2.75) is 13.5 Å². The molecule has 0 fully saturated rings. The molecule has 2 aromatic carbocycles. The Bertz CT molecular complexity index is 608. The molecule has 0 spiro atoms. The van der Waals surface area contributed by atoms with E-state index in [1.807, 2.05) is 55.5 Å². The standard InChI is InChI=1S/C14H13O3P/c1-11-6-5-9-13-14(11)18(15,17-13)16-10-12-7-3-2-4-8-12/h2-9H,10H2,1H3. The largest absolute Gasteiger partial charge is 0.420 e. The van der Waals surface area contributed by atoms with E-state index in [1.54, 1.807) is 0 Å². The number of hydrogen-bond donors (Lipinski definition) is 0. The maximum Gasteiger partial charge on any atom is 0.415 e. The lowest BCUT2D eigenvalue weighted by atomic mass is 10.2. The normalized spacial score (nSPS) is 20.7. The van der Waals surface area contributed by atoms with Crippen LogP contribution in [0.4, 0.5) is 0 Å². The van der Waals surface area contributed by atoms with Crippen LogP contribution in [-0.4, -0.2) is 0 Å². The lowest BCUT2D eigenvalue weighted by Gasteiger charge is -2.31. The Morgan fingerprint density at radius 1 is 1.11 bits per heavy atom. The Hall–Kier alpha value is -1.57. The summed E-state index contributed by atoms with van der Waals surface area (Å²) in [5, 5.41) is 0.723. The third-order valence-corrected chi connectivity index (χ3v) is 4.96. The van der Waals surface area contributed by atoms with Crippen molar-refractivity contribution in [1.82, 2.24) is 0 Å². The monoisotopic (exact) mass is 260 g/mol. The van der Waals surface area contributed by atoms with Gasteiger partial charge in [-0.2, -0.15) is 0 Å². The summed E-state index contributed by atoms with van der Waals surface area (Å²) in [5.74, 6) is 0.673. The molecule has 3 rings (SSSR count). The van der Waals surface area contributed by atoms with Crippen LogP contribution in [0.25, 0.3) is 0 Å². The van der Waals surface area contributed by atoms with Gasteiger partial charge >= 0.3 is 7.60 Å². The lowest BCUT2D eigenvalue weighted by Crippen LogP contribution is -2.27. The van der Waals surface area contributed by atoms with Gasteiger partial charge in [-0.05, 0) is 24.1 Å². The van der Waals surface area contributed by atoms with Crippen molar-refractivity contribution in [3.63, 3.8) is 0 Å². The van der Waals surface area contributed by atoms with Crippen molar-refractivity contribution in [2.24, 2.45) is 0 Å². The molecule has 0 bridgehead atoms. The minimum Gasteiger partial charge on any atom is -0.420 e. The molecular weight excluding hydrogens is 247 g/mol. The fraction of sp³-hybridized carbons (Fsp3) is 0.143. The summed E-state index contributed by atoms with van der Waals surface area (Å²) < 4.78 is 23.2. The Labute approximate surface area is 106 Å². The maximum atomic E-state index is 12.4. The van der Waals surface area contributed by atoms with Crippen LogP contribution in [0.1, 0.15) is 11.1 Å². The molecule has 1 unspecified atom stereocenters. The number of hydrogen-bond acceptors (Lipinski definition) is 3. The molecule has 0 aromatic heterocycles. The molecular formula is C14H13O3P. The molecule has 1 aliphatic heterocycles. The van der Waals surface area contributed by atoms with E-state index in [9.17, 15) is 4.57 Å². The molecule has 0 saturated heterocycles. The van der Waals surface area contributed by atoms with Gasteiger partial charge in [0.1, 0.15) is 11.1 Å². The second kappa shape index (κ2) is 4.27.